The molecule has 2 N–H and O–H groups in total. The zero-order chi connectivity index (χ0) is 19.0. The van der Waals surface area contributed by atoms with Gasteiger partial charge in [0.05, 0.1) is 27.2 Å². The van der Waals surface area contributed by atoms with Gasteiger partial charge in [-0.2, -0.15) is 5.10 Å². The lowest BCUT2D eigenvalue weighted by atomic mass is 10.0. The Morgan fingerprint density at radius 2 is 1.89 bits per heavy atom. The number of benzene rings is 2. The molecule has 1 aromatic heterocycles. The summed E-state index contributed by atoms with van der Waals surface area (Å²) < 4.78 is 36.8. The van der Waals surface area contributed by atoms with E-state index in [4.69, 9.17) is 10.2 Å². The summed E-state index contributed by atoms with van der Waals surface area (Å²) in [6.07, 6.45) is 0.626. The van der Waals surface area contributed by atoms with Gasteiger partial charge >= 0.3 is 0 Å². The Morgan fingerprint density at radius 1 is 1.11 bits per heavy atom. The molecule has 1 aliphatic heterocycles. The van der Waals surface area contributed by atoms with Gasteiger partial charge in [-0.15, -0.1) is 11.3 Å². The van der Waals surface area contributed by atoms with Crippen LogP contribution in [0.15, 0.2) is 76.0 Å². The van der Waals surface area contributed by atoms with E-state index in [2.05, 4.69) is 0 Å². The first-order chi connectivity index (χ1) is 12.9. The van der Waals surface area contributed by atoms with Crippen molar-refractivity contribution in [1.82, 2.24) is 0 Å². The molecule has 27 heavy (non-hydrogen) atoms. The van der Waals surface area contributed by atoms with Crippen LogP contribution in [-0.2, 0) is 10.0 Å². The molecule has 3 aromatic rings. The zero-order valence-electron chi connectivity index (χ0n) is 14.1. The largest absolute Gasteiger partial charge is 0.257 e. The number of sulfonamides is 1. The maximum Gasteiger partial charge on any atom is 0.238 e. The molecule has 2 aromatic carbocycles. The molecule has 2 heterocycles. The smallest absolute Gasteiger partial charge is 0.238 e. The van der Waals surface area contributed by atoms with E-state index in [1.54, 1.807) is 34.5 Å². The molecular weight excluding hydrogens is 385 g/mol. The molecule has 0 spiro atoms. The minimum atomic E-state index is -3.76. The van der Waals surface area contributed by atoms with E-state index in [9.17, 15) is 12.8 Å². The molecule has 138 valence electrons. The van der Waals surface area contributed by atoms with E-state index in [0.717, 1.165) is 16.2 Å². The quantitative estimate of drug-likeness (QED) is 0.721. The van der Waals surface area contributed by atoms with Crippen molar-refractivity contribution in [3.8, 4) is 0 Å². The van der Waals surface area contributed by atoms with Crippen LogP contribution < -0.4 is 10.1 Å². The molecule has 0 radical (unpaired) electrons. The number of thiophene rings is 1. The van der Waals surface area contributed by atoms with Crippen molar-refractivity contribution in [2.75, 3.05) is 5.01 Å². The Bertz CT molecular complexity index is 1090. The van der Waals surface area contributed by atoms with E-state index in [-0.39, 0.29) is 16.8 Å². The van der Waals surface area contributed by atoms with Crippen molar-refractivity contribution in [1.29, 1.82) is 0 Å². The van der Waals surface area contributed by atoms with E-state index in [1.807, 2.05) is 23.6 Å². The SMILES string of the molecule is NS(=O)(=O)c1ccc(N2N=C(c3cccs3)CC2c2cccc(F)c2)cc1. The molecule has 0 saturated carbocycles. The van der Waals surface area contributed by atoms with Crippen molar-refractivity contribution >= 4 is 32.8 Å². The van der Waals surface area contributed by atoms with Gasteiger partial charge < -0.3 is 0 Å². The Morgan fingerprint density at radius 3 is 2.52 bits per heavy atom. The lowest BCUT2D eigenvalue weighted by Crippen LogP contribution is -2.19. The van der Waals surface area contributed by atoms with Crippen LogP contribution in [0.25, 0.3) is 0 Å². The Hall–Kier alpha value is -2.55. The lowest BCUT2D eigenvalue weighted by molar-refractivity contribution is 0.597. The zero-order valence-corrected chi connectivity index (χ0v) is 15.8. The molecule has 1 aliphatic rings. The maximum absolute atomic E-state index is 13.8. The topological polar surface area (TPSA) is 75.8 Å². The van der Waals surface area contributed by atoms with E-state index >= 15 is 0 Å². The molecule has 0 aliphatic carbocycles. The van der Waals surface area contributed by atoms with Gasteiger partial charge in [0.25, 0.3) is 0 Å². The van der Waals surface area contributed by atoms with Gasteiger partial charge in [0.1, 0.15) is 5.82 Å². The average molecular weight is 401 g/mol. The first-order valence-corrected chi connectivity index (χ1v) is 10.6. The molecule has 0 bridgehead atoms. The highest BCUT2D eigenvalue weighted by atomic mass is 32.2. The van der Waals surface area contributed by atoms with E-state index in [0.29, 0.717) is 12.1 Å². The predicted molar refractivity (Wildman–Crippen MR) is 105 cm³/mol. The van der Waals surface area contributed by atoms with E-state index < -0.39 is 10.0 Å². The third kappa shape index (κ3) is 3.64. The standard InChI is InChI=1S/C19H16FN3O2S2/c20-14-4-1-3-13(11-14)18-12-17(19-5-2-10-26-19)22-23(18)15-6-8-16(9-7-15)27(21,24)25/h1-11,18H,12H2,(H2,21,24,25). The normalized spacial score (nSPS) is 17.2. The number of primary sulfonamides is 1. The van der Waals surface area contributed by atoms with Gasteiger partial charge in [-0.1, -0.05) is 18.2 Å². The minimum absolute atomic E-state index is 0.0372. The van der Waals surface area contributed by atoms with Crippen molar-refractivity contribution in [3.63, 3.8) is 0 Å². The number of rotatable bonds is 4. The summed E-state index contributed by atoms with van der Waals surface area (Å²) in [7, 11) is -3.76. The van der Waals surface area contributed by atoms with Crippen molar-refractivity contribution < 1.29 is 12.8 Å². The van der Waals surface area contributed by atoms with Gasteiger partial charge in [-0.05, 0) is 53.4 Å². The highest BCUT2D eigenvalue weighted by Gasteiger charge is 2.30. The van der Waals surface area contributed by atoms with Crippen LogP contribution in [-0.4, -0.2) is 14.1 Å². The Balaban J connectivity index is 1.75. The summed E-state index contributed by atoms with van der Waals surface area (Å²) in [5.74, 6) is -0.304. The van der Waals surface area contributed by atoms with Gasteiger partial charge in [-0.25, -0.2) is 17.9 Å². The number of hydrogen-bond donors (Lipinski definition) is 1. The average Bonchev–Trinajstić information content (AvgIpc) is 3.31. The molecule has 5 nitrogen and oxygen atoms in total. The Labute approximate surface area is 160 Å². The molecule has 0 saturated heterocycles. The summed E-state index contributed by atoms with van der Waals surface area (Å²) >= 11 is 1.60. The number of nitrogens with zero attached hydrogens (tertiary/aromatic N) is 2. The van der Waals surface area contributed by atoms with Crippen molar-refractivity contribution in [2.24, 2.45) is 10.2 Å². The highest BCUT2D eigenvalue weighted by molar-refractivity contribution is 7.89. The summed E-state index contributed by atoms with van der Waals surface area (Å²) in [6, 6.07) is 16.5. The molecule has 1 atom stereocenters. The number of hydrazone groups is 1. The fourth-order valence-corrected chi connectivity index (χ4v) is 4.34. The third-order valence-corrected chi connectivity index (χ3v) is 6.23. The van der Waals surface area contributed by atoms with Crippen molar-refractivity contribution in [2.45, 2.75) is 17.4 Å². The number of halogens is 1. The second-order valence-corrected chi connectivity index (χ2v) is 8.69. The summed E-state index contributed by atoms with van der Waals surface area (Å²) in [5, 5.41) is 13.7. The van der Waals surface area contributed by atoms with Crippen LogP contribution in [0.5, 0.6) is 0 Å². The summed E-state index contributed by atoms with van der Waals surface area (Å²) in [4.78, 5) is 1.09. The highest BCUT2D eigenvalue weighted by Crippen LogP contribution is 2.37. The number of nitrogens with two attached hydrogens (primary N) is 1. The molecular formula is C19H16FN3O2S2. The fraction of sp³-hybridized carbons (Fsp3) is 0.105. The van der Waals surface area contributed by atoms with Gasteiger partial charge in [0, 0.05) is 6.42 Å². The van der Waals surface area contributed by atoms with E-state index in [1.165, 1.54) is 24.3 Å². The Kier molecular flexibility index (Phi) is 4.55. The van der Waals surface area contributed by atoms with Crippen molar-refractivity contribution in [3.05, 3.63) is 82.3 Å². The minimum Gasteiger partial charge on any atom is -0.257 e. The molecule has 0 fully saturated rings. The third-order valence-electron chi connectivity index (χ3n) is 4.38. The second kappa shape index (κ2) is 6.88. The van der Waals surface area contributed by atoms with Gasteiger partial charge in [0.15, 0.2) is 0 Å². The maximum atomic E-state index is 13.8. The molecule has 0 amide bonds. The van der Waals surface area contributed by atoms with Crippen LogP contribution in [0, 0.1) is 5.82 Å². The number of anilines is 1. The fourth-order valence-electron chi connectivity index (χ4n) is 3.10. The first kappa shape index (κ1) is 17.8. The van der Waals surface area contributed by atoms with Crippen LogP contribution in [0.2, 0.25) is 0 Å². The second-order valence-electron chi connectivity index (χ2n) is 6.18. The van der Waals surface area contributed by atoms with Gasteiger partial charge in [0.2, 0.25) is 10.0 Å². The van der Waals surface area contributed by atoms with Crippen LogP contribution >= 0.6 is 11.3 Å². The monoisotopic (exact) mass is 401 g/mol. The summed E-state index contributed by atoms with van der Waals surface area (Å²) in [5.41, 5.74) is 2.43. The summed E-state index contributed by atoms with van der Waals surface area (Å²) in [6.45, 7) is 0. The van der Waals surface area contributed by atoms with Crippen LogP contribution in [0.4, 0.5) is 10.1 Å². The molecule has 1 unspecified atom stereocenters. The molecule has 4 rings (SSSR count). The predicted octanol–water partition coefficient (Wildman–Crippen LogP) is 3.89. The molecule has 8 heteroatoms. The lowest BCUT2D eigenvalue weighted by Gasteiger charge is -2.24. The number of hydrogen-bond acceptors (Lipinski definition) is 5. The van der Waals surface area contributed by atoms with Crippen LogP contribution in [0.3, 0.4) is 0 Å². The van der Waals surface area contributed by atoms with Gasteiger partial charge in [-0.3, -0.25) is 5.01 Å². The van der Waals surface area contributed by atoms with Crippen LogP contribution in [0.1, 0.15) is 22.9 Å². The first-order valence-electron chi connectivity index (χ1n) is 8.21.